The van der Waals surface area contributed by atoms with Gasteiger partial charge in [0.25, 0.3) is 0 Å². The molecule has 3 N–H and O–H groups in total. The molecule has 3 rings (SSSR count). The zero-order chi connectivity index (χ0) is 15.5. The smallest absolute Gasteiger partial charge is 0.231 e. The Bertz CT molecular complexity index is 849. The number of carbonyl (C=O) groups excluding carboxylic acids is 2. The van der Waals surface area contributed by atoms with Gasteiger partial charge >= 0.3 is 0 Å². The topological polar surface area (TPSA) is 76.0 Å². The van der Waals surface area contributed by atoms with Gasteiger partial charge in [-0.2, -0.15) is 0 Å². The van der Waals surface area contributed by atoms with Gasteiger partial charge in [-0.15, -0.1) is 0 Å². The van der Waals surface area contributed by atoms with Crippen molar-refractivity contribution in [3.8, 4) is 0 Å². The maximum absolute atomic E-state index is 12.4. The first-order valence-electron chi connectivity index (χ1n) is 7.10. The number of hydrogen-bond acceptors (Lipinski definition) is 3. The average molecular weight is 292 g/mol. The number of hydrogen-bond donors (Lipinski definition) is 2. The van der Waals surface area contributed by atoms with Crippen LogP contribution in [-0.4, -0.2) is 16.6 Å². The Balaban J connectivity index is 1.84. The summed E-state index contributed by atoms with van der Waals surface area (Å²) in [6.45, 7) is 0.415. The van der Waals surface area contributed by atoms with Gasteiger partial charge in [0.15, 0.2) is 0 Å². The number of Topliss-reactive ketones (excluding diaryl/α,β-unsaturated/α-hetero) is 2. The fraction of sp³-hybridized carbons (Fsp3) is 0.111. The Labute approximate surface area is 128 Å². The molecule has 0 spiro atoms. The van der Waals surface area contributed by atoms with Crippen LogP contribution in [0.5, 0.6) is 0 Å². The molecule has 110 valence electrons. The quantitative estimate of drug-likeness (QED) is 0.560. The fourth-order valence-corrected chi connectivity index (χ4v) is 2.54. The standard InChI is InChI=1S/C18H16N2O2/c19-10-13-5-3-4-12(8-13)9-17(21)18(22)15-11-20-16-7-2-1-6-14(15)16/h1-8,11,20H,9-10,19H2. The van der Waals surface area contributed by atoms with Crippen molar-refractivity contribution in [2.24, 2.45) is 5.73 Å². The molecule has 22 heavy (non-hydrogen) atoms. The zero-order valence-corrected chi connectivity index (χ0v) is 12.0. The lowest BCUT2D eigenvalue weighted by Crippen LogP contribution is -2.16. The van der Waals surface area contributed by atoms with Crippen LogP contribution >= 0.6 is 0 Å². The van der Waals surface area contributed by atoms with Gasteiger partial charge in [0.1, 0.15) is 0 Å². The van der Waals surface area contributed by atoms with Crippen LogP contribution in [0.15, 0.2) is 54.7 Å². The van der Waals surface area contributed by atoms with Gasteiger partial charge in [0.05, 0.1) is 5.56 Å². The second-order valence-electron chi connectivity index (χ2n) is 5.20. The molecular formula is C18H16N2O2. The number of aromatic nitrogens is 1. The molecule has 1 aromatic heterocycles. The van der Waals surface area contributed by atoms with Crippen molar-refractivity contribution in [1.29, 1.82) is 0 Å². The van der Waals surface area contributed by atoms with E-state index in [0.29, 0.717) is 12.1 Å². The molecule has 0 saturated carbocycles. The van der Waals surface area contributed by atoms with Crippen LogP contribution in [0, 0.1) is 0 Å². The first-order chi connectivity index (χ1) is 10.7. The van der Waals surface area contributed by atoms with Crippen molar-refractivity contribution in [2.75, 3.05) is 0 Å². The van der Waals surface area contributed by atoms with Crippen molar-refractivity contribution in [3.05, 3.63) is 71.4 Å². The Morgan fingerprint density at radius 1 is 1.00 bits per heavy atom. The van der Waals surface area contributed by atoms with E-state index in [1.54, 1.807) is 6.20 Å². The summed E-state index contributed by atoms with van der Waals surface area (Å²) in [5.41, 5.74) is 8.63. The van der Waals surface area contributed by atoms with Gasteiger partial charge in [-0.3, -0.25) is 9.59 Å². The van der Waals surface area contributed by atoms with E-state index in [9.17, 15) is 9.59 Å². The lowest BCUT2D eigenvalue weighted by Gasteiger charge is -2.03. The van der Waals surface area contributed by atoms with E-state index in [-0.39, 0.29) is 6.42 Å². The summed E-state index contributed by atoms with van der Waals surface area (Å²) in [7, 11) is 0. The molecule has 0 amide bonds. The Hall–Kier alpha value is -2.72. The maximum Gasteiger partial charge on any atom is 0.231 e. The molecule has 4 nitrogen and oxygen atoms in total. The van der Waals surface area contributed by atoms with E-state index < -0.39 is 11.6 Å². The minimum absolute atomic E-state index is 0.0895. The second-order valence-corrected chi connectivity index (χ2v) is 5.20. The third kappa shape index (κ3) is 2.69. The summed E-state index contributed by atoms with van der Waals surface area (Å²) >= 11 is 0. The molecule has 0 bridgehead atoms. The van der Waals surface area contributed by atoms with Crippen LogP contribution in [0.3, 0.4) is 0 Å². The van der Waals surface area contributed by atoms with E-state index >= 15 is 0 Å². The van der Waals surface area contributed by atoms with Gasteiger partial charge < -0.3 is 10.7 Å². The minimum Gasteiger partial charge on any atom is -0.360 e. The van der Waals surface area contributed by atoms with E-state index in [0.717, 1.165) is 22.0 Å². The first kappa shape index (κ1) is 14.2. The number of ketones is 2. The SMILES string of the molecule is NCc1cccc(CC(=O)C(=O)c2c[nH]c3ccccc23)c1. The molecule has 0 fully saturated rings. The van der Waals surface area contributed by atoms with Crippen LogP contribution in [0.2, 0.25) is 0 Å². The largest absolute Gasteiger partial charge is 0.360 e. The number of nitrogens with two attached hydrogens (primary N) is 1. The summed E-state index contributed by atoms with van der Waals surface area (Å²) in [5.74, 6) is -0.880. The van der Waals surface area contributed by atoms with Crippen molar-refractivity contribution in [2.45, 2.75) is 13.0 Å². The first-order valence-corrected chi connectivity index (χ1v) is 7.10. The molecule has 1 heterocycles. The van der Waals surface area contributed by atoms with Crippen LogP contribution in [0.25, 0.3) is 10.9 Å². The lowest BCUT2D eigenvalue weighted by atomic mass is 10.00. The average Bonchev–Trinajstić information content (AvgIpc) is 2.98. The third-order valence-electron chi connectivity index (χ3n) is 3.68. The van der Waals surface area contributed by atoms with Crippen LogP contribution in [0.1, 0.15) is 21.5 Å². The summed E-state index contributed by atoms with van der Waals surface area (Å²) in [4.78, 5) is 27.7. The van der Waals surface area contributed by atoms with E-state index in [4.69, 9.17) is 5.73 Å². The highest BCUT2D eigenvalue weighted by molar-refractivity contribution is 6.46. The number of para-hydroxylation sites is 1. The van der Waals surface area contributed by atoms with Crippen LogP contribution < -0.4 is 5.73 Å². The molecule has 4 heteroatoms. The van der Waals surface area contributed by atoms with Crippen molar-refractivity contribution >= 4 is 22.5 Å². The third-order valence-corrected chi connectivity index (χ3v) is 3.68. The molecule has 0 atom stereocenters. The highest BCUT2D eigenvalue weighted by Gasteiger charge is 2.19. The number of fused-ring (bicyclic) bond motifs is 1. The van der Waals surface area contributed by atoms with E-state index in [2.05, 4.69) is 4.98 Å². The Morgan fingerprint density at radius 2 is 1.77 bits per heavy atom. The normalized spacial score (nSPS) is 10.8. The molecular weight excluding hydrogens is 276 g/mol. The van der Waals surface area contributed by atoms with Crippen molar-refractivity contribution < 1.29 is 9.59 Å². The zero-order valence-electron chi connectivity index (χ0n) is 12.0. The van der Waals surface area contributed by atoms with Crippen molar-refractivity contribution in [1.82, 2.24) is 4.98 Å². The summed E-state index contributed by atoms with van der Waals surface area (Å²) in [6.07, 6.45) is 1.69. The highest BCUT2D eigenvalue weighted by Crippen LogP contribution is 2.19. The molecule has 0 radical (unpaired) electrons. The predicted molar refractivity (Wildman–Crippen MR) is 85.7 cm³/mol. The summed E-state index contributed by atoms with van der Waals surface area (Å²) in [5, 5.41) is 0.775. The molecule has 3 aromatic rings. The van der Waals surface area contributed by atoms with Crippen LogP contribution in [-0.2, 0) is 17.8 Å². The number of aromatic amines is 1. The van der Waals surface area contributed by atoms with Gasteiger partial charge in [0.2, 0.25) is 11.6 Å². The van der Waals surface area contributed by atoms with Crippen LogP contribution in [0.4, 0.5) is 0 Å². The number of H-pyrrole nitrogens is 1. The number of carbonyl (C=O) groups is 2. The molecule has 0 aliphatic carbocycles. The van der Waals surface area contributed by atoms with Gasteiger partial charge in [-0.1, -0.05) is 42.5 Å². The molecule has 0 unspecified atom stereocenters. The molecule has 0 saturated heterocycles. The fourth-order valence-electron chi connectivity index (χ4n) is 2.54. The van der Waals surface area contributed by atoms with Gasteiger partial charge in [-0.05, 0) is 17.2 Å². The number of rotatable bonds is 5. The lowest BCUT2D eigenvalue weighted by molar-refractivity contribution is -0.114. The molecule has 0 aliphatic heterocycles. The number of benzene rings is 2. The van der Waals surface area contributed by atoms with Gasteiger partial charge in [-0.25, -0.2) is 0 Å². The van der Waals surface area contributed by atoms with Crippen molar-refractivity contribution in [3.63, 3.8) is 0 Å². The Kier molecular flexibility index (Phi) is 3.85. The predicted octanol–water partition coefficient (Wildman–Crippen LogP) is 2.62. The molecule has 0 aliphatic rings. The highest BCUT2D eigenvalue weighted by atomic mass is 16.2. The van der Waals surface area contributed by atoms with E-state index in [1.165, 1.54) is 0 Å². The van der Waals surface area contributed by atoms with Gasteiger partial charge in [0, 0.05) is 30.1 Å². The number of nitrogens with one attached hydrogen (secondary N) is 1. The molecule has 2 aromatic carbocycles. The summed E-state index contributed by atoms with van der Waals surface area (Å²) in [6, 6.07) is 14.9. The Morgan fingerprint density at radius 3 is 2.59 bits per heavy atom. The van der Waals surface area contributed by atoms with E-state index in [1.807, 2.05) is 48.5 Å². The summed E-state index contributed by atoms with van der Waals surface area (Å²) < 4.78 is 0. The second kappa shape index (κ2) is 5.95. The maximum atomic E-state index is 12.4. The minimum atomic E-state index is -0.462. The monoisotopic (exact) mass is 292 g/mol.